The molecule has 0 atom stereocenters. The largest absolute Gasteiger partial charge is 0.345 e. The molecule has 3 heterocycles. The minimum Gasteiger partial charge on any atom is -0.345 e. The smallest absolute Gasteiger partial charge is 0.268 e. The van der Waals surface area contributed by atoms with Crippen LogP contribution in [-0.4, -0.2) is 25.6 Å². The maximum absolute atomic E-state index is 12.6. The van der Waals surface area contributed by atoms with E-state index < -0.39 is 0 Å². The van der Waals surface area contributed by atoms with Gasteiger partial charge in [-0.2, -0.15) is 4.98 Å². The fourth-order valence-corrected chi connectivity index (χ4v) is 3.23. The molecule has 4 rings (SSSR count). The summed E-state index contributed by atoms with van der Waals surface area (Å²) >= 11 is 1.52. The normalized spacial score (nSPS) is 10.8. The van der Waals surface area contributed by atoms with Crippen molar-refractivity contribution in [2.24, 2.45) is 7.05 Å². The lowest BCUT2D eigenvalue weighted by Gasteiger charge is -2.09. The molecule has 0 fully saturated rings. The standard InChI is InChI=1S/C18H15N5O2S/c1-23-9-8-19-16(23)12-5-2-3-6-13(12)17(24)20-11-15-21-18(25-22-15)14-7-4-10-26-14/h2-10H,11H2,1H3,(H,20,24). The van der Waals surface area contributed by atoms with E-state index in [9.17, 15) is 4.79 Å². The molecule has 3 aromatic heterocycles. The number of thiophene rings is 1. The van der Waals surface area contributed by atoms with Crippen LogP contribution >= 0.6 is 11.3 Å². The summed E-state index contributed by atoms with van der Waals surface area (Å²) in [6.45, 7) is 0.183. The molecule has 0 unspecified atom stereocenters. The predicted octanol–water partition coefficient (Wildman–Crippen LogP) is 3.13. The van der Waals surface area contributed by atoms with E-state index in [-0.39, 0.29) is 12.5 Å². The van der Waals surface area contributed by atoms with Gasteiger partial charge in [-0.3, -0.25) is 4.79 Å². The molecule has 0 saturated carbocycles. The van der Waals surface area contributed by atoms with Gasteiger partial charge in [-0.05, 0) is 17.5 Å². The Morgan fingerprint density at radius 1 is 1.27 bits per heavy atom. The van der Waals surface area contributed by atoms with Gasteiger partial charge in [0.25, 0.3) is 11.8 Å². The first-order valence-corrected chi connectivity index (χ1v) is 8.82. The molecule has 1 aromatic carbocycles. The molecule has 1 N–H and O–H groups in total. The molecule has 0 aliphatic heterocycles. The number of hydrogen-bond donors (Lipinski definition) is 1. The minimum absolute atomic E-state index is 0.183. The van der Waals surface area contributed by atoms with Crippen LogP contribution < -0.4 is 5.32 Å². The number of amides is 1. The molecule has 8 heteroatoms. The summed E-state index contributed by atoms with van der Waals surface area (Å²) in [5.74, 6) is 1.40. The van der Waals surface area contributed by atoms with E-state index in [4.69, 9.17) is 4.52 Å². The Balaban J connectivity index is 1.50. The number of benzene rings is 1. The first-order chi connectivity index (χ1) is 12.7. The van der Waals surface area contributed by atoms with Crippen LogP contribution in [0.5, 0.6) is 0 Å². The molecule has 0 saturated heterocycles. The summed E-state index contributed by atoms with van der Waals surface area (Å²) < 4.78 is 7.10. The Bertz CT molecular complexity index is 1040. The Kier molecular flexibility index (Phi) is 4.32. The van der Waals surface area contributed by atoms with Gasteiger partial charge in [0.05, 0.1) is 17.0 Å². The van der Waals surface area contributed by atoms with Crippen molar-refractivity contribution in [2.75, 3.05) is 0 Å². The van der Waals surface area contributed by atoms with Gasteiger partial charge in [0.15, 0.2) is 5.82 Å². The van der Waals surface area contributed by atoms with E-state index in [0.717, 1.165) is 16.3 Å². The van der Waals surface area contributed by atoms with Crippen LogP contribution in [0.2, 0.25) is 0 Å². The number of nitrogens with zero attached hydrogens (tertiary/aromatic N) is 4. The van der Waals surface area contributed by atoms with Gasteiger partial charge < -0.3 is 14.4 Å². The molecule has 0 spiro atoms. The predicted molar refractivity (Wildman–Crippen MR) is 97.4 cm³/mol. The van der Waals surface area contributed by atoms with Crippen molar-refractivity contribution in [3.8, 4) is 22.2 Å². The van der Waals surface area contributed by atoms with Gasteiger partial charge in [0.1, 0.15) is 5.82 Å². The van der Waals surface area contributed by atoms with Gasteiger partial charge >= 0.3 is 0 Å². The van der Waals surface area contributed by atoms with E-state index >= 15 is 0 Å². The van der Waals surface area contributed by atoms with E-state index in [1.165, 1.54) is 11.3 Å². The van der Waals surface area contributed by atoms with Crippen molar-refractivity contribution < 1.29 is 9.32 Å². The maximum atomic E-state index is 12.6. The number of hydrogen-bond acceptors (Lipinski definition) is 6. The lowest BCUT2D eigenvalue weighted by molar-refractivity contribution is 0.0950. The third-order valence-corrected chi connectivity index (χ3v) is 4.70. The fourth-order valence-electron chi connectivity index (χ4n) is 2.58. The zero-order valence-electron chi connectivity index (χ0n) is 13.9. The first-order valence-electron chi connectivity index (χ1n) is 7.94. The summed E-state index contributed by atoms with van der Waals surface area (Å²) in [6.07, 6.45) is 3.55. The van der Waals surface area contributed by atoms with E-state index in [1.807, 2.05) is 53.5 Å². The Labute approximate surface area is 153 Å². The number of nitrogens with one attached hydrogen (secondary N) is 1. The number of carbonyl (C=O) groups excluding carboxylic acids is 1. The van der Waals surface area contributed by atoms with Crippen LogP contribution in [0.1, 0.15) is 16.2 Å². The Hall–Kier alpha value is -3.26. The number of aromatic nitrogens is 4. The second-order valence-electron chi connectivity index (χ2n) is 5.58. The van der Waals surface area contributed by atoms with Crippen LogP contribution in [0.3, 0.4) is 0 Å². The molecule has 26 heavy (non-hydrogen) atoms. The summed E-state index contributed by atoms with van der Waals surface area (Å²) in [5.41, 5.74) is 1.31. The number of rotatable bonds is 5. The second-order valence-corrected chi connectivity index (χ2v) is 6.53. The van der Waals surface area contributed by atoms with Crippen molar-refractivity contribution in [1.82, 2.24) is 25.0 Å². The Morgan fingerprint density at radius 3 is 2.92 bits per heavy atom. The van der Waals surface area contributed by atoms with E-state index in [0.29, 0.717) is 17.3 Å². The molecule has 0 aliphatic rings. The summed E-state index contributed by atoms with van der Waals surface area (Å²) in [4.78, 5) is 22.2. The highest BCUT2D eigenvalue weighted by atomic mass is 32.1. The van der Waals surface area contributed by atoms with Crippen molar-refractivity contribution in [2.45, 2.75) is 6.54 Å². The third kappa shape index (κ3) is 3.14. The fraction of sp³-hybridized carbons (Fsp3) is 0.111. The molecule has 1 amide bonds. The summed E-state index contributed by atoms with van der Waals surface area (Å²) in [5, 5.41) is 8.69. The lowest BCUT2D eigenvalue weighted by Crippen LogP contribution is -2.24. The molecule has 130 valence electrons. The highest BCUT2D eigenvalue weighted by Gasteiger charge is 2.16. The monoisotopic (exact) mass is 365 g/mol. The Morgan fingerprint density at radius 2 is 2.15 bits per heavy atom. The number of imidazole rings is 1. The zero-order chi connectivity index (χ0) is 17.9. The van der Waals surface area contributed by atoms with Crippen LogP contribution in [0.25, 0.3) is 22.2 Å². The molecular weight excluding hydrogens is 350 g/mol. The highest BCUT2D eigenvalue weighted by molar-refractivity contribution is 7.13. The van der Waals surface area contributed by atoms with E-state index in [2.05, 4.69) is 20.4 Å². The van der Waals surface area contributed by atoms with Gasteiger partial charge in [-0.1, -0.05) is 29.4 Å². The quantitative estimate of drug-likeness (QED) is 0.587. The molecular formula is C18H15N5O2S. The number of aryl methyl sites for hydroxylation is 1. The summed E-state index contributed by atoms with van der Waals surface area (Å²) in [6, 6.07) is 11.2. The highest BCUT2D eigenvalue weighted by Crippen LogP contribution is 2.23. The average molecular weight is 365 g/mol. The van der Waals surface area contributed by atoms with Crippen molar-refractivity contribution in [1.29, 1.82) is 0 Å². The SMILES string of the molecule is Cn1ccnc1-c1ccccc1C(=O)NCc1noc(-c2cccs2)n1. The second kappa shape index (κ2) is 6.93. The van der Waals surface area contributed by atoms with Crippen molar-refractivity contribution in [3.63, 3.8) is 0 Å². The van der Waals surface area contributed by atoms with Crippen LogP contribution in [0, 0.1) is 0 Å². The van der Waals surface area contributed by atoms with Crippen LogP contribution in [0.15, 0.2) is 58.7 Å². The van der Waals surface area contributed by atoms with Gasteiger partial charge in [-0.25, -0.2) is 4.98 Å². The lowest BCUT2D eigenvalue weighted by atomic mass is 10.1. The van der Waals surface area contributed by atoms with Crippen molar-refractivity contribution in [3.05, 3.63) is 65.6 Å². The topological polar surface area (TPSA) is 85.8 Å². The average Bonchev–Trinajstić information content (AvgIpc) is 3.41. The maximum Gasteiger partial charge on any atom is 0.268 e. The van der Waals surface area contributed by atoms with Crippen molar-refractivity contribution >= 4 is 17.2 Å². The van der Waals surface area contributed by atoms with Crippen LogP contribution in [-0.2, 0) is 13.6 Å². The summed E-state index contributed by atoms with van der Waals surface area (Å²) in [7, 11) is 1.89. The van der Waals surface area contributed by atoms with Crippen LogP contribution in [0.4, 0.5) is 0 Å². The molecule has 7 nitrogen and oxygen atoms in total. The van der Waals surface area contributed by atoms with Gasteiger partial charge in [-0.15, -0.1) is 11.3 Å². The third-order valence-electron chi connectivity index (χ3n) is 3.84. The van der Waals surface area contributed by atoms with Gasteiger partial charge in [0, 0.05) is 25.0 Å². The van der Waals surface area contributed by atoms with E-state index in [1.54, 1.807) is 12.3 Å². The van der Waals surface area contributed by atoms with Gasteiger partial charge in [0.2, 0.25) is 0 Å². The molecule has 0 aliphatic carbocycles. The minimum atomic E-state index is -0.217. The zero-order valence-corrected chi connectivity index (χ0v) is 14.7. The molecule has 0 radical (unpaired) electrons. The number of carbonyl (C=O) groups is 1. The molecule has 0 bridgehead atoms. The first kappa shape index (κ1) is 16.2. The molecule has 4 aromatic rings.